The van der Waals surface area contributed by atoms with Crippen LogP contribution in [0.5, 0.6) is 0 Å². The highest BCUT2D eigenvalue weighted by Crippen LogP contribution is 2.35. The number of benzene rings is 1. The Bertz CT molecular complexity index is 1130. The topological polar surface area (TPSA) is 118 Å². The van der Waals surface area contributed by atoms with Crippen LogP contribution < -0.4 is 11.1 Å². The van der Waals surface area contributed by atoms with Crippen molar-refractivity contribution >= 4 is 34.7 Å². The van der Waals surface area contributed by atoms with Crippen LogP contribution in [0.1, 0.15) is 41.7 Å². The number of nitrogens with zero attached hydrogens (tertiary/aromatic N) is 3. The van der Waals surface area contributed by atoms with Gasteiger partial charge in [-0.3, -0.25) is 24.4 Å². The number of anilines is 1. The van der Waals surface area contributed by atoms with Gasteiger partial charge in [-0.1, -0.05) is 31.2 Å². The first-order valence-electron chi connectivity index (χ1n) is 10.3. The highest BCUT2D eigenvalue weighted by atomic mass is 32.1. The summed E-state index contributed by atoms with van der Waals surface area (Å²) in [6.45, 7) is 2.56. The Balaban J connectivity index is 1.52. The Morgan fingerprint density at radius 2 is 1.88 bits per heavy atom. The molecule has 164 valence electrons. The molecule has 0 spiro atoms. The van der Waals surface area contributed by atoms with Crippen molar-refractivity contribution in [2.75, 3.05) is 11.9 Å². The second-order valence-electron chi connectivity index (χ2n) is 7.92. The highest BCUT2D eigenvalue weighted by molar-refractivity contribution is 7.13. The minimum atomic E-state index is -0.770. The summed E-state index contributed by atoms with van der Waals surface area (Å²) in [5.41, 5.74) is 9.51. The monoisotopic (exact) mass is 449 g/mol. The SMILES string of the molecule is C[C@@H]1CC[C@@H](c2ccc(-c3cncs3)cc2)N(C(=O)C(=O)Nc2cncc(C(N)=O)c2)C1. The average molecular weight is 450 g/mol. The number of hydrogen-bond donors (Lipinski definition) is 2. The van der Waals surface area contributed by atoms with E-state index in [4.69, 9.17) is 5.73 Å². The summed E-state index contributed by atoms with van der Waals surface area (Å²) >= 11 is 1.57. The van der Waals surface area contributed by atoms with E-state index in [0.29, 0.717) is 12.5 Å². The van der Waals surface area contributed by atoms with Gasteiger partial charge in [0.25, 0.3) is 0 Å². The van der Waals surface area contributed by atoms with Gasteiger partial charge >= 0.3 is 11.8 Å². The Morgan fingerprint density at radius 1 is 1.09 bits per heavy atom. The van der Waals surface area contributed by atoms with E-state index in [1.165, 1.54) is 18.5 Å². The molecule has 2 aromatic heterocycles. The molecular weight excluding hydrogens is 426 g/mol. The molecule has 0 saturated carbocycles. The number of rotatable bonds is 4. The van der Waals surface area contributed by atoms with Crippen LogP contribution in [-0.2, 0) is 9.59 Å². The molecule has 32 heavy (non-hydrogen) atoms. The van der Waals surface area contributed by atoms with Gasteiger partial charge < -0.3 is 16.0 Å². The van der Waals surface area contributed by atoms with Crippen molar-refractivity contribution in [3.05, 3.63) is 65.6 Å². The lowest BCUT2D eigenvalue weighted by Crippen LogP contribution is -2.46. The van der Waals surface area contributed by atoms with Gasteiger partial charge in [0.05, 0.1) is 33.9 Å². The fourth-order valence-corrected chi connectivity index (χ4v) is 4.54. The molecule has 1 saturated heterocycles. The van der Waals surface area contributed by atoms with E-state index in [9.17, 15) is 14.4 Å². The highest BCUT2D eigenvalue weighted by Gasteiger charge is 2.34. The quantitative estimate of drug-likeness (QED) is 0.593. The number of amides is 3. The van der Waals surface area contributed by atoms with Crippen molar-refractivity contribution in [1.29, 1.82) is 0 Å². The van der Waals surface area contributed by atoms with E-state index < -0.39 is 17.7 Å². The van der Waals surface area contributed by atoms with Gasteiger partial charge in [0.1, 0.15) is 0 Å². The van der Waals surface area contributed by atoms with Crippen molar-refractivity contribution < 1.29 is 14.4 Å². The van der Waals surface area contributed by atoms with Crippen LogP contribution in [-0.4, -0.2) is 39.1 Å². The van der Waals surface area contributed by atoms with Gasteiger partial charge in [-0.15, -0.1) is 11.3 Å². The molecule has 3 amide bonds. The van der Waals surface area contributed by atoms with E-state index in [0.717, 1.165) is 28.8 Å². The summed E-state index contributed by atoms with van der Waals surface area (Å²) in [6, 6.07) is 9.27. The maximum absolute atomic E-state index is 13.1. The lowest BCUT2D eigenvalue weighted by molar-refractivity contribution is -0.146. The third-order valence-electron chi connectivity index (χ3n) is 5.57. The van der Waals surface area contributed by atoms with Crippen LogP contribution >= 0.6 is 11.3 Å². The summed E-state index contributed by atoms with van der Waals surface area (Å²) in [5.74, 6) is -1.75. The third kappa shape index (κ3) is 4.67. The van der Waals surface area contributed by atoms with Crippen LogP contribution in [0, 0.1) is 5.92 Å². The molecule has 0 aliphatic carbocycles. The van der Waals surface area contributed by atoms with E-state index in [2.05, 4.69) is 22.2 Å². The summed E-state index contributed by atoms with van der Waals surface area (Å²) in [4.78, 5) is 47.9. The predicted molar refractivity (Wildman–Crippen MR) is 122 cm³/mol. The fraction of sp³-hybridized carbons (Fsp3) is 0.261. The normalized spacial score (nSPS) is 18.2. The number of nitrogens with one attached hydrogen (secondary N) is 1. The first-order valence-corrected chi connectivity index (χ1v) is 11.2. The molecule has 1 fully saturated rings. The molecule has 3 heterocycles. The van der Waals surface area contributed by atoms with Crippen LogP contribution in [0.25, 0.3) is 10.4 Å². The van der Waals surface area contributed by atoms with Gasteiger partial charge in [-0.2, -0.15) is 0 Å². The number of aromatic nitrogens is 2. The molecular formula is C23H23N5O3S. The van der Waals surface area contributed by atoms with Gasteiger partial charge in [0, 0.05) is 18.9 Å². The molecule has 3 aromatic rings. The van der Waals surface area contributed by atoms with Crippen LogP contribution in [0.3, 0.4) is 0 Å². The summed E-state index contributed by atoms with van der Waals surface area (Å²) < 4.78 is 0. The van der Waals surface area contributed by atoms with Crippen LogP contribution in [0.15, 0.2) is 54.4 Å². The van der Waals surface area contributed by atoms with Gasteiger partial charge in [0.15, 0.2) is 0 Å². The largest absolute Gasteiger partial charge is 0.366 e. The van der Waals surface area contributed by atoms with E-state index >= 15 is 0 Å². The maximum atomic E-state index is 13.1. The lowest BCUT2D eigenvalue weighted by atomic mass is 9.89. The molecule has 0 radical (unpaired) electrons. The zero-order chi connectivity index (χ0) is 22.7. The number of hydrogen-bond acceptors (Lipinski definition) is 6. The predicted octanol–water partition coefficient (Wildman–Crippen LogP) is 3.24. The Labute approximate surface area is 189 Å². The Hall–Kier alpha value is -3.59. The van der Waals surface area contributed by atoms with Crippen molar-refractivity contribution in [2.45, 2.75) is 25.8 Å². The van der Waals surface area contributed by atoms with Gasteiger partial charge in [-0.25, -0.2) is 0 Å². The number of carbonyl (C=O) groups excluding carboxylic acids is 3. The van der Waals surface area contributed by atoms with Crippen LogP contribution in [0.2, 0.25) is 0 Å². The number of likely N-dealkylation sites (tertiary alicyclic amines) is 1. The summed E-state index contributed by atoms with van der Waals surface area (Å²) in [5, 5.41) is 2.54. The second-order valence-corrected chi connectivity index (χ2v) is 8.81. The zero-order valence-corrected chi connectivity index (χ0v) is 18.3. The van der Waals surface area contributed by atoms with Crippen molar-refractivity contribution in [2.24, 2.45) is 11.7 Å². The smallest absolute Gasteiger partial charge is 0.313 e. The number of piperidine rings is 1. The summed E-state index contributed by atoms with van der Waals surface area (Å²) in [7, 11) is 0. The van der Waals surface area contributed by atoms with Crippen molar-refractivity contribution in [3.8, 4) is 10.4 Å². The molecule has 0 bridgehead atoms. The molecule has 1 aromatic carbocycles. The van der Waals surface area contributed by atoms with E-state index in [-0.39, 0.29) is 17.3 Å². The number of primary amides is 1. The zero-order valence-electron chi connectivity index (χ0n) is 17.5. The lowest BCUT2D eigenvalue weighted by Gasteiger charge is -2.38. The van der Waals surface area contributed by atoms with E-state index in [1.54, 1.807) is 21.7 Å². The summed E-state index contributed by atoms with van der Waals surface area (Å²) in [6.07, 6.45) is 6.24. The molecule has 0 unspecified atom stereocenters. The third-order valence-corrected chi connectivity index (χ3v) is 6.39. The molecule has 3 N–H and O–H groups in total. The van der Waals surface area contributed by atoms with Gasteiger partial charge in [0.2, 0.25) is 5.91 Å². The average Bonchev–Trinajstić information content (AvgIpc) is 3.34. The Morgan fingerprint density at radius 3 is 2.56 bits per heavy atom. The minimum Gasteiger partial charge on any atom is -0.366 e. The second kappa shape index (κ2) is 9.27. The molecule has 1 aliphatic rings. The first-order chi connectivity index (χ1) is 15.4. The minimum absolute atomic E-state index is 0.153. The molecule has 9 heteroatoms. The molecule has 8 nitrogen and oxygen atoms in total. The van der Waals surface area contributed by atoms with Crippen molar-refractivity contribution in [3.63, 3.8) is 0 Å². The number of nitrogens with two attached hydrogens (primary N) is 1. The van der Waals surface area contributed by atoms with Crippen molar-refractivity contribution in [1.82, 2.24) is 14.9 Å². The maximum Gasteiger partial charge on any atom is 0.313 e. The number of pyridine rings is 1. The molecule has 1 aliphatic heterocycles. The number of thiazole rings is 1. The van der Waals surface area contributed by atoms with Crippen LogP contribution in [0.4, 0.5) is 5.69 Å². The van der Waals surface area contributed by atoms with Gasteiger partial charge in [-0.05, 0) is 36.0 Å². The van der Waals surface area contributed by atoms with E-state index in [1.807, 2.05) is 30.5 Å². The first kappa shape index (κ1) is 21.6. The molecule has 2 atom stereocenters. The molecule has 4 rings (SSSR count). The Kier molecular flexibility index (Phi) is 6.27. The number of carbonyl (C=O) groups is 3. The fourth-order valence-electron chi connectivity index (χ4n) is 3.91. The standard InChI is InChI=1S/C23H23N5O3S/c1-14-2-7-19(15-3-5-16(6-4-15)20-11-26-13-32-20)28(12-14)23(31)22(30)27-18-8-17(21(24)29)9-25-10-18/h3-6,8-11,13-14,19H,2,7,12H2,1H3,(H2,24,29)(H,27,30)/t14-,19+/m1/s1.